The van der Waals surface area contributed by atoms with Crippen LogP contribution >= 0.6 is 0 Å². The molecule has 0 radical (unpaired) electrons. The van der Waals surface area contributed by atoms with Gasteiger partial charge in [-0.05, 0) is 6.92 Å². The van der Waals surface area contributed by atoms with Crippen molar-refractivity contribution in [2.24, 2.45) is 5.92 Å². The second-order valence-electron chi connectivity index (χ2n) is 4.02. The van der Waals surface area contributed by atoms with E-state index in [1.807, 2.05) is 0 Å². The van der Waals surface area contributed by atoms with Crippen LogP contribution < -0.4 is 10.6 Å². The van der Waals surface area contributed by atoms with E-state index in [1.165, 1.54) is 14.0 Å². The van der Waals surface area contributed by atoms with E-state index in [1.54, 1.807) is 0 Å². The number of carbonyl (C=O) groups excluding carboxylic acids is 2. The Hall–Kier alpha value is -1.24. The maximum atomic E-state index is 13.4. The van der Waals surface area contributed by atoms with E-state index in [2.05, 4.69) is 15.4 Å². The Morgan fingerprint density at radius 2 is 2.18 bits per heavy atom. The second-order valence-corrected chi connectivity index (χ2v) is 4.02. The Morgan fingerprint density at radius 1 is 1.53 bits per heavy atom. The molecule has 7 heteroatoms. The molecule has 2 unspecified atom stereocenters. The molecule has 0 spiro atoms. The summed E-state index contributed by atoms with van der Waals surface area (Å²) in [6.45, 7) is 1.48. The average Bonchev–Trinajstić information content (AvgIpc) is 2.26. The van der Waals surface area contributed by atoms with Gasteiger partial charge >= 0.3 is 5.97 Å². The lowest BCUT2D eigenvalue weighted by molar-refractivity contribution is -0.150. The summed E-state index contributed by atoms with van der Waals surface area (Å²) in [5.41, 5.74) is 0. The molecule has 1 aliphatic heterocycles. The Morgan fingerprint density at radius 3 is 2.71 bits per heavy atom. The van der Waals surface area contributed by atoms with Crippen LogP contribution in [0.5, 0.6) is 0 Å². The van der Waals surface area contributed by atoms with Crippen molar-refractivity contribution >= 4 is 11.9 Å². The molecule has 2 atom stereocenters. The molecule has 0 saturated carbocycles. The van der Waals surface area contributed by atoms with Crippen molar-refractivity contribution in [3.05, 3.63) is 0 Å². The van der Waals surface area contributed by atoms with Gasteiger partial charge in [-0.25, -0.2) is 13.6 Å². The predicted octanol–water partition coefficient (Wildman–Crippen LogP) is -0.0911. The van der Waals surface area contributed by atoms with Gasteiger partial charge in [0.1, 0.15) is 12.0 Å². The third-order valence-electron chi connectivity index (χ3n) is 2.72. The summed E-state index contributed by atoms with van der Waals surface area (Å²) in [7, 11) is 1.17. The zero-order chi connectivity index (χ0) is 13.1. The van der Waals surface area contributed by atoms with E-state index in [9.17, 15) is 18.4 Å². The monoisotopic (exact) mass is 250 g/mol. The van der Waals surface area contributed by atoms with Gasteiger partial charge in [0.2, 0.25) is 5.91 Å². The molecule has 0 bridgehead atoms. The van der Waals surface area contributed by atoms with Crippen LogP contribution in [0.4, 0.5) is 8.78 Å². The number of esters is 1. The fourth-order valence-electron chi connectivity index (χ4n) is 1.66. The quantitative estimate of drug-likeness (QED) is 0.687. The third kappa shape index (κ3) is 3.36. The number of ether oxygens (including phenoxy) is 1. The minimum Gasteiger partial charge on any atom is -0.467 e. The number of nitrogens with one attached hydrogen (secondary N) is 2. The average molecular weight is 250 g/mol. The van der Waals surface area contributed by atoms with Crippen LogP contribution in [0.2, 0.25) is 0 Å². The molecule has 0 aliphatic carbocycles. The second kappa shape index (κ2) is 5.39. The number of hydrogen-bond donors (Lipinski definition) is 2. The zero-order valence-corrected chi connectivity index (χ0v) is 9.76. The maximum Gasteiger partial charge on any atom is 0.328 e. The smallest absolute Gasteiger partial charge is 0.328 e. The summed E-state index contributed by atoms with van der Waals surface area (Å²) in [4.78, 5) is 22.7. The summed E-state index contributed by atoms with van der Waals surface area (Å²) in [6.07, 6.45) is -0.377. The van der Waals surface area contributed by atoms with Gasteiger partial charge in [-0.3, -0.25) is 4.79 Å². The first-order valence-electron chi connectivity index (χ1n) is 5.35. The number of alkyl halides is 2. The highest BCUT2D eigenvalue weighted by atomic mass is 19.3. The molecule has 1 heterocycles. The van der Waals surface area contributed by atoms with Crippen LogP contribution in [0.15, 0.2) is 0 Å². The third-order valence-corrected chi connectivity index (χ3v) is 2.72. The van der Waals surface area contributed by atoms with E-state index in [0.717, 1.165) is 0 Å². The Labute approximate surface area is 97.9 Å². The number of halogens is 2. The number of carbonyl (C=O) groups is 2. The number of rotatable bonds is 3. The highest BCUT2D eigenvalue weighted by molar-refractivity contribution is 5.86. The number of methoxy groups -OCH3 is 1. The van der Waals surface area contributed by atoms with Crippen LogP contribution in [0.25, 0.3) is 0 Å². The summed E-state index contributed by atoms with van der Waals surface area (Å²) in [5.74, 6) is -5.97. The first kappa shape index (κ1) is 13.8. The normalized spacial score (nSPS) is 24.8. The van der Waals surface area contributed by atoms with Gasteiger partial charge in [0, 0.05) is 19.5 Å². The highest BCUT2D eigenvalue weighted by Crippen LogP contribution is 2.30. The van der Waals surface area contributed by atoms with Gasteiger partial charge in [0.25, 0.3) is 5.92 Å². The predicted molar refractivity (Wildman–Crippen MR) is 55.5 cm³/mol. The topological polar surface area (TPSA) is 67.4 Å². The molecule has 0 aromatic carbocycles. The largest absolute Gasteiger partial charge is 0.467 e. The molecule has 5 nitrogen and oxygen atoms in total. The first-order valence-corrected chi connectivity index (χ1v) is 5.35. The molecule has 1 fully saturated rings. The molecule has 1 rings (SSSR count). The van der Waals surface area contributed by atoms with Crippen molar-refractivity contribution < 1.29 is 23.1 Å². The minimum absolute atomic E-state index is 0.0905. The summed E-state index contributed by atoms with van der Waals surface area (Å²) in [6, 6.07) is -0.926. The van der Waals surface area contributed by atoms with Crippen LogP contribution in [-0.4, -0.2) is 44.0 Å². The van der Waals surface area contributed by atoms with Crippen molar-refractivity contribution in [2.45, 2.75) is 25.3 Å². The Balaban J connectivity index is 2.60. The molecule has 1 amide bonds. The van der Waals surface area contributed by atoms with Gasteiger partial charge in [-0.15, -0.1) is 0 Å². The fourth-order valence-corrected chi connectivity index (χ4v) is 1.66. The van der Waals surface area contributed by atoms with Gasteiger partial charge < -0.3 is 15.4 Å². The van der Waals surface area contributed by atoms with Crippen LogP contribution in [0.3, 0.4) is 0 Å². The summed E-state index contributed by atoms with van der Waals surface area (Å²) < 4.78 is 31.3. The SMILES string of the molecule is COC(=O)C(C)NC(=O)C1CNCCC1(F)F. The zero-order valence-electron chi connectivity index (χ0n) is 9.76. The lowest BCUT2D eigenvalue weighted by Gasteiger charge is -2.31. The Bertz CT molecular complexity index is 310. The Kier molecular flexibility index (Phi) is 4.39. The minimum atomic E-state index is -3.04. The molecule has 2 N–H and O–H groups in total. The van der Waals surface area contributed by atoms with E-state index in [-0.39, 0.29) is 19.5 Å². The molecule has 1 aliphatic rings. The van der Waals surface area contributed by atoms with E-state index < -0.39 is 29.8 Å². The summed E-state index contributed by atoms with van der Waals surface area (Å²) in [5, 5.41) is 4.95. The van der Waals surface area contributed by atoms with Crippen molar-refractivity contribution in [3.8, 4) is 0 Å². The van der Waals surface area contributed by atoms with Crippen LogP contribution in [-0.2, 0) is 14.3 Å². The van der Waals surface area contributed by atoms with Crippen LogP contribution in [0.1, 0.15) is 13.3 Å². The fraction of sp³-hybridized carbons (Fsp3) is 0.800. The van der Waals surface area contributed by atoms with Crippen LogP contribution in [0, 0.1) is 5.92 Å². The van der Waals surface area contributed by atoms with E-state index in [0.29, 0.717) is 0 Å². The lowest BCUT2D eigenvalue weighted by Crippen LogP contribution is -2.54. The molecular weight excluding hydrogens is 234 g/mol. The standard InChI is InChI=1S/C10H16F2N2O3/c1-6(9(16)17-2)14-8(15)7-5-13-4-3-10(7,11)12/h6-7,13H,3-5H2,1-2H3,(H,14,15). The van der Waals surface area contributed by atoms with Crippen molar-refractivity contribution in [1.29, 1.82) is 0 Å². The van der Waals surface area contributed by atoms with Crippen molar-refractivity contribution in [1.82, 2.24) is 10.6 Å². The first-order chi connectivity index (χ1) is 7.88. The van der Waals surface area contributed by atoms with E-state index in [4.69, 9.17) is 0 Å². The molecular formula is C10H16F2N2O3. The maximum absolute atomic E-state index is 13.4. The number of piperidine rings is 1. The molecule has 98 valence electrons. The van der Waals surface area contributed by atoms with Gasteiger partial charge in [-0.1, -0.05) is 0 Å². The number of amides is 1. The molecule has 17 heavy (non-hydrogen) atoms. The highest BCUT2D eigenvalue weighted by Gasteiger charge is 2.46. The summed E-state index contributed by atoms with van der Waals surface area (Å²) >= 11 is 0. The molecule has 0 aromatic rings. The molecule has 1 saturated heterocycles. The van der Waals surface area contributed by atoms with Crippen molar-refractivity contribution in [3.63, 3.8) is 0 Å². The van der Waals surface area contributed by atoms with Gasteiger partial charge in [0.15, 0.2) is 0 Å². The number of hydrogen-bond acceptors (Lipinski definition) is 4. The molecule has 0 aromatic heterocycles. The van der Waals surface area contributed by atoms with Gasteiger partial charge in [0.05, 0.1) is 7.11 Å². The lowest BCUT2D eigenvalue weighted by atomic mass is 9.94. The van der Waals surface area contributed by atoms with Gasteiger partial charge in [-0.2, -0.15) is 0 Å². The van der Waals surface area contributed by atoms with E-state index >= 15 is 0 Å². The van der Waals surface area contributed by atoms with Crippen molar-refractivity contribution in [2.75, 3.05) is 20.2 Å².